The number of anilines is 3. The molecular weight excluding hydrogens is 364 g/mol. The van der Waals surface area contributed by atoms with Gasteiger partial charge in [0, 0.05) is 18.2 Å². The van der Waals surface area contributed by atoms with Gasteiger partial charge >= 0.3 is 0 Å². The van der Waals surface area contributed by atoms with Crippen molar-refractivity contribution in [1.29, 1.82) is 0 Å². The molecule has 2 aliphatic heterocycles. The Kier molecular flexibility index (Phi) is 3.52. The summed E-state index contributed by atoms with van der Waals surface area (Å²) >= 11 is 0. The second-order valence-corrected chi connectivity index (χ2v) is 6.76. The van der Waals surface area contributed by atoms with Crippen molar-refractivity contribution in [3.63, 3.8) is 0 Å². The van der Waals surface area contributed by atoms with Gasteiger partial charge in [-0.15, -0.1) is 0 Å². The Bertz CT molecular complexity index is 1150. The second-order valence-electron chi connectivity index (χ2n) is 6.76. The number of aromatic nitrogens is 1. The minimum absolute atomic E-state index is 0.283. The molecule has 0 fully saturated rings. The van der Waals surface area contributed by atoms with Crippen LogP contribution >= 0.6 is 0 Å². The van der Waals surface area contributed by atoms with Crippen LogP contribution in [0.5, 0.6) is 0 Å². The number of benzene rings is 2. The molecule has 5 rings (SSSR count). The number of amides is 2. The first-order valence-corrected chi connectivity index (χ1v) is 8.69. The van der Waals surface area contributed by atoms with Gasteiger partial charge < -0.3 is 5.32 Å². The van der Waals surface area contributed by atoms with Crippen LogP contribution in [0.3, 0.4) is 0 Å². The quantitative estimate of drug-likeness (QED) is 0.694. The monoisotopic (exact) mass is 377 g/mol. The van der Waals surface area contributed by atoms with Crippen LogP contribution in [0.2, 0.25) is 0 Å². The third-order valence-corrected chi connectivity index (χ3v) is 5.03. The summed E-state index contributed by atoms with van der Waals surface area (Å²) in [4.78, 5) is 31.5. The van der Waals surface area contributed by atoms with Crippen molar-refractivity contribution in [2.45, 2.75) is 12.3 Å². The summed E-state index contributed by atoms with van der Waals surface area (Å²) in [7, 11) is 0. The lowest BCUT2D eigenvalue weighted by Gasteiger charge is -2.28. The number of halogens is 2. The number of nitrogens with zero attached hydrogens (tertiary/aromatic N) is 2. The van der Waals surface area contributed by atoms with E-state index >= 15 is 0 Å². The molecule has 2 aliphatic rings. The van der Waals surface area contributed by atoms with E-state index in [4.69, 9.17) is 0 Å². The Morgan fingerprint density at radius 3 is 2.68 bits per heavy atom. The minimum atomic E-state index is -1.21. The fourth-order valence-electron chi connectivity index (χ4n) is 3.93. The van der Waals surface area contributed by atoms with Crippen molar-refractivity contribution >= 4 is 29.0 Å². The number of pyridine rings is 1. The van der Waals surface area contributed by atoms with E-state index < -0.39 is 29.4 Å². The summed E-state index contributed by atoms with van der Waals surface area (Å²) < 4.78 is 27.9. The molecule has 0 saturated carbocycles. The van der Waals surface area contributed by atoms with Crippen LogP contribution in [-0.2, 0) is 16.0 Å². The molecule has 7 heteroatoms. The zero-order valence-corrected chi connectivity index (χ0v) is 14.4. The highest BCUT2D eigenvalue weighted by Crippen LogP contribution is 2.49. The molecule has 3 heterocycles. The lowest BCUT2D eigenvalue weighted by Crippen LogP contribution is -2.32. The summed E-state index contributed by atoms with van der Waals surface area (Å²) in [5, 5.41) is 2.61. The molecule has 0 spiro atoms. The SMILES string of the molecule is O=C(Nc1ccccn1)C1C(=O)N2c3ccc(F)cc3Cc3cc(F)cc1c32. The molecule has 1 aromatic heterocycles. The normalized spacial score (nSPS) is 16.6. The van der Waals surface area contributed by atoms with Crippen molar-refractivity contribution in [3.8, 4) is 0 Å². The number of fused-ring (bicyclic) bond motifs is 2. The van der Waals surface area contributed by atoms with Crippen molar-refractivity contribution in [3.05, 3.63) is 83.1 Å². The van der Waals surface area contributed by atoms with E-state index in [9.17, 15) is 18.4 Å². The maximum Gasteiger partial charge on any atom is 0.248 e. The highest BCUT2D eigenvalue weighted by atomic mass is 19.1. The first kappa shape index (κ1) is 16.6. The van der Waals surface area contributed by atoms with E-state index in [0.29, 0.717) is 33.9 Å². The molecule has 3 aromatic rings. The van der Waals surface area contributed by atoms with Crippen molar-refractivity contribution in [2.24, 2.45) is 0 Å². The van der Waals surface area contributed by atoms with E-state index in [0.717, 1.165) is 0 Å². The van der Waals surface area contributed by atoms with E-state index in [-0.39, 0.29) is 6.42 Å². The molecule has 1 atom stereocenters. The van der Waals surface area contributed by atoms with Crippen LogP contribution in [0.1, 0.15) is 22.6 Å². The third-order valence-electron chi connectivity index (χ3n) is 5.03. The molecule has 0 aliphatic carbocycles. The summed E-state index contributed by atoms with van der Waals surface area (Å²) in [6.07, 6.45) is 1.80. The van der Waals surface area contributed by atoms with Gasteiger partial charge in [0.05, 0.1) is 11.4 Å². The van der Waals surface area contributed by atoms with Gasteiger partial charge in [-0.05, 0) is 53.6 Å². The topological polar surface area (TPSA) is 62.3 Å². The number of carbonyl (C=O) groups is 2. The molecule has 2 amide bonds. The minimum Gasteiger partial charge on any atom is -0.310 e. The number of nitrogens with one attached hydrogen (secondary N) is 1. The van der Waals surface area contributed by atoms with Crippen LogP contribution in [0, 0.1) is 11.6 Å². The van der Waals surface area contributed by atoms with Gasteiger partial charge in [-0.2, -0.15) is 0 Å². The Labute approximate surface area is 158 Å². The maximum absolute atomic E-state index is 14.3. The van der Waals surface area contributed by atoms with Crippen LogP contribution in [-0.4, -0.2) is 16.8 Å². The average molecular weight is 377 g/mol. The van der Waals surface area contributed by atoms with E-state index in [1.807, 2.05) is 0 Å². The highest BCUT2D eigenvalue weighted by Gasteiger charge is 2.46. The molecule has 2 aromatic carbocycles. The van der Waals surface area contributed by atoms with Crippen LogP contribution in [0.25, 0.3) is 0 Å². The molecular formula is C21H13F2N3O2. The Morgan fingerprint density at radius 2 is 1.89 bits per heavy atom. The zero-order chi connectivity index (χ0) is 19.4. The summed E-state index contributed by atoms with van der Waals surface area (Å²) in [6, 6.07) is 11.7. The van der Waals surface area contributed by atoms with E-state index in [1.54, 1.807) is 18.2 Å². The van der Waals surface area contributed by atoms with Gasteiger partial charge in [0.25, 0.3) is 0 Å². The lowest BCUT2D eigenvalue weighted by atomic mass is 9.93. The molecule has 0 radical (unpaired) electrons. The largest absolute Gasteiger partial charge is 0.310 e. The molecule has 1 N–H and O–H groups in total. The van der Waals surface area contributed by atoms with Gasteiger partial charge in [-0.25, -0.2) is 13.8 Å². The summed E-state index contributed by atoms with van der Waals surface area (Å²) in [6.45, 7) is 0. The van der Waals surface area contributed by atoms with Gasteiger partial charge in [-0.3, -0.25) is 14.5 Å². The maximum atomic E-state index is 14.3. The van der Waals surface area contributed by atoms with Crippen molar-refractivity contribution < 1.29 is 18.4 Å². The Morgan fingerprint density at radius 1 is 1.07 bits per heavy atom. The van der Waals surface area contributed by atoms with Gasteiger partial charge in [-0.1, -0.05) is 6.07 Å². The number of carbonyl (C=O) groups excluding carboxylic acids is 2. The summed E-state index contributed by atoms with van der Waals surface area (Å²) in [5.74, 6) is -2.97. The Balaban J connectivity index is 1.63. The van der Waals surface area contributed by atoms with Gasteiger partial charge in [0.1, 0.15) is 23.4 Å². The third kappa shape index (κ3) is 2.40. The standard InChI is InChI=1S/C21H13F2N3O2/c22-13-4-5-16-11(8-13)7-12-9-14(23)10-15-18(21(28)26(16)19(12)15)20(27)25-17-3-1-2-6-24-17/h1-6,8-10,18H,7H2,(H,24,25,27). The predicted octanol–water partition coefficient (Wildman–Crippen LogP) is 3.66. The summed E-state index contributed by atoms with van der Waals surface area (Å²) in [5.41, 5.74) is 2.45. The van der Waals surface area contributed by atoms with E-state index in [2.05, 4.69) is 10.3 Å². The van der Waals surface area contributed by atoms with Crippen molar-refractivity contribution in [1.82, 2.24) is 4.98 Å². The molecule has 138 valence electrons. The number of hydrogen-bond acceptors (Lipinski definition) is 3. The Hall–Kier alpha value is -3.61. The van der Waals surface area contributed by atoms with Gasteiger partial charge in [0.2, 0.25) is 11.8 Å². The smallest absolute Gasteiger partial charge is 0.248 e. The zero-order valence-electron chi connectivity index (χ0n) is 14.4. The van der Waals surface area contributed by atoms with Crippen LogP contribution in [0.4, 0.5) is 26.0 Å². The first-order chi connectivity index (χ1) is 13.5. The second kappa shape index (κ2) is 5.95. The van der Waals surface area contributed by atoms with E-state index in [1.165, 1.54) is 41.4 Å². The fourth-order valence-corrected chi connectivity index (χ4v) is 3.93. The molecule has 1 unspecified atom stereocenters. The van der Waals surface area contributed by atoms with Crippen LogP contribution in [0.15, 0.2) is 54.7 Å². The molecule has 0 saturated heterocycles. The van der Waals surface area contributed by atoms with Crippen LogP contribution < -0.4 is 10.2 Å². The molecule has 28 heavy (non-hydrogen) atoms. The van der Waals surface area contributed by atoms with Gasteiger partial charge in [0.15, 0.2) is 0 Å². The fraction of sp³-hybridized carbons (Fsp3) is 0.0952. The number of rotatable bonds is 2. The number of hydrogen-bond donors (Lipinski definition) is 1. The predicted molar refractivity (Wildman–Crippen MR) is 98.4 cm³/mol. The molecule has 0 bridgehead atoms. The van der Waals surface area contributed by atoms with Crippen molar-refractivity contribution in [2.75, 3.05) is 10.2 Å². The first-order valence-electron chi connectivity index (χ1n) is 8.69. The molecule has 5 nitrogen and oxygen atoms in total. The average Bonchev–Trinajstić information content (AvgIpc) is 2.95. The lowest BCUT2D eigenvalue weighted by molar-refractivity contribution is -0.126. The highest BCUT2D eigenvalue weighted by molar-refractivity contribution is 6.23.